The molecule has 0 saturated carbocycles. The summed E-state index contributed by atoms with van der Waals surface area (Å²) in [4.78, 5) is 17.9. The molecule has 0 saturated heterocycles. The fourth-order valence-corrected chi connectivity index (χ4v) is 2.32. The Bertz CT molecular complexity index is 626. The first-order valence-corrected chi connectivity index (χ1v) is 6.87. The van der Waals surface area contributed by atoms with Crippen LogP contribution in [0.1, 0.15) is 17.8 Å². The van der Waals surface area contributed by atoms with Crippen LogP contribution < -0.4 is 5.73 Å². The Hall–Kier alpha value is -2.57. The van der Waals surface area contributed by atoms with E-state index in [1.807, 2.05) is 30.3 Å². The molecule has 3 rings (SSSR count). The first-order chi connectivity index (χ1) is 10.2. The van der Waals surface area contributed by atoms with Crippen molar-refractivity contribution in [3.8, 4) is 0 Å². The van der Waals surface area contributed by atoms with Crippen molar-refractivity contribution in [2.75, 3.05) is 12.3 Å². The molecule has 0 atom stereocenters. The lowest BCUT2D eigenvalue weighted by Crippen LogP contribution is -2.31. The number of benzene rings is 1. The van der Waals surface area contributed by atoms with Crippen molar-refractivity contribution in [2.24, 2.45) is 0 Å². The van der Waals surface area contributed by atoms with Gasteiger partial charge in [-0.2, -0.15) is 4.98 Å². The molecule has 1 aromatic carbocycles. The molecule has 0 aliphatic carbocycles. The van der Waals surface area contributed by atoms with Crippen LogP contribution in [0.3, 0.4) is 0 Å². The van der Waals surface area contributed by atoms with Gasteiger partial charge in [-0.05, 0) is 12.0 Å². The Balaban J connectivity index is 1.62. The third-order valence-electron chi connectivity index (χ3n) is 3.36. The van der Waals surface area contributed by atoms with Crippen molar-refractivity contribution in [2.45, 2.75) is 26.1 Å². The SMILES string of the molecule is Nc1nc2n(n1)CCCN(C(=O)OCc1ccccc1)C2. The summed E-state index contributed by atoms with van der Waals surface area (Å²) in [6.07, 6.45) is 0.463. The van der Waals surface area contributed by atoms with Crippen LogP contribution in [0, 0.1) is 0 Å². The van der Waals surface area contributed by atoms with Gasteiger partial charge in [0.25, 0.3) is 0 Å². The first-order valence-electron chi connectivity index (χ1n) is 6.87. The number of carbonyl (C=O) groups is 1. The summed E-state index contributed by atoms with van der Waals surface area (Å²) < 4.78 is 7.09. The van der Waals surface area contributed by atoms with E-state index < -0.39 is 0 Å². The standard InChI is InChI=1S/C14H17N5O2/c15-13-16-12-9-18(7-4-8-19(12)17-13)14(20)21-10-11-5-2-1-3-6-11/h1-3,5-6H,4,7-10H2,(H2,15,17). The van der Waals surface area contributed by atoms with Crippen LogP contribution in [0.25, 0.3) is 0 Å². The molecule has 7 nitrogen and oxygen atoms in total. The van der Waals surface area contributed by atoms with E-state index in [1.54, 1.807) is 9.58 Å². The van der Waals surface area contributed by atoms with Crippen LogP contribution in [-0.2, 0) is 24.4 Å². The zero-order chi connectivity index (χ0) is 14.7. The van der Waals surface area contributed by atoms with Gasteiger partial charge in [-0.3, -0.25) is 0 Å². The summed E-state index contributed by atoms with van der Waals surface area (Å²) in [6, 6.07) is 9.61. The molecular weight excluding hydrogens is 270 g/mol. The number of nitrogen functional groups attached to an aromatic ring is 1. The monoisotopic (exact) mass is 287 g/mol. The van der Waals surface area contributed by atoms with Gasteiger partial charge in [0.2, 0.25) is 5.95 Å². The number of hydrogen-bond donors (Lipinski definition) is 1. The Morgan fingerprint density at radius 3 is 2.90 bits per heavy atom. The number of aryl methyl sites for hydroxylation is 1. The second-order valence-corrected chi connectivity index (χ2v) is 4.92. The number of ether oxygens (including phenoxy) is 1. The van der Waals surface area contributed by atoms with E-state index in [0.29, 0.717) is 25.5 Å². The van der Waals surface area contributed by atoms with E-state index in [0.717, 1.165) is 12.0 Å². The van der Waals surface area contributed by atoms with Crippen LogP contribution in [0.4, 0.5) is 10.7 Å². The molecule has 1 aromatic heterocycles. The van der Waals surface area contributed by atoms with E-state index in [-0.39, 0.29) is 18.6 Å². The Kier molecular flexibility index (Phi) is 3.72. The number of aromatic nitrogens is 3. The minimum atomic E-state index is -0.339. The average Bonchev–Trinajstić information content (AvgIpc) is 2.73. The van der Waals surface area contributed by atoms with Gasteiger partial charge in [-0.1, -0.05) is 30.3 Å². The average molecular weight is 287 g/mol. The summed E-state index contributed by atoms with van der Waals surface area (Å²) >= 11 is 0. The van der Waals surface area contributed by atoms with Crippen LogP contribution in [0.2, 0.25) is 0 Å². The molecule has 0 radical (unpaired) electrons. The molecule has 1 amide bonds. The van der Waals surface area contributed by atoms with Crippen molar-refractivity contribution < 1.29 is 9.53 Å². The topological polar surface area (TPSA) is 86.3 Å². The molecule has 2 N–H and O–H groups in total. The third kappa shape index (κ3) is 3.13. The van der Waals surface area contributed by atoms with Crippen LogP contribution in [0.5, 0.6) is 0 Å². The van der Waals surface area contributed by atoms with Gasteiger partial charge in [0.05, 0.1) is 6.54 Å². The lowest BCUT2D eigenvalue weighted by molar-refractivity contribution is 0.0938. The molecule has 2 aromatic rings. The maximum atomic E-state index is 12.2. The number of rotatable bonds is 2. The lowest BCUT2D eigenvalue weighted by atomic mass is 10.2. The van der Waals surface area contributed by atoms with Crippen molar-refractivity contribution in [1.82, 2.24) is 19.7 Å². The van der Waals surface area contributed by atoms with Gasteiger partial charge in [0.1, 0.15) is 12.4 Å². The molecule has 21 heavy (non-hydrogen) atoms. The molecule has 1 aliphatic heterocycles. The fourth-order valence-electron chi connectivity index (χ4n) is 2.32. The van der Waals surface area contributed by atoms with E-state index in [1.165, 1.54) is 0 Å². The second kappa shape index (κ2) is 5.82. The van der Waals surface area contributed by atoms with Crippen molar-refractivity contribution in [3.63, 3.8) is 0 Å². The number of nitrogens with zero attached hydrogens (tertiary/aromatic N) is 4. The third-order valence-corrected chi connectivity index (χ3v) is 3.36. The summed E-state index contributed by atoms with van der Waals surface area (Å²) in [5, 5.41) is 4.10. The van der Waals surface area contributed by atoms with Gasteiger partial charge < -0.3 is 15.4 Å². The molecule has 1 aliphatic rings. The van der Waals surface area contributed by atoms with Gasteiger partial charge in [-0.15, -0.1) is 5.10 Å². The van der Waals surface area contributed by atoms with Gasteiger partial charge in [-0.25, -0.2) is 9.48 Å². The molecule has 0 fully saturated rings. The number of nitrogens with two attached hydrogens (primary N) is 1. The van der Waals surface area contributed by atoms with Crippen LogP contribution in [0.15, 0.2) is 30.3 Å². The van der Waals surface area contributed by atoms with Crippen molar-refractivity contribution >= 4 is 12.0 Å². The Morgan fingerprint density at radius 1 is 1.29 bits per heavy atom. The lowest BCUT2D eigenvalue weighted by Gasteiger charge is -2.19. The normalized spacial score (nSPS) is 14.4. The highest BCUT2D eigenvalue weighted by atomic mass is 16.6. The summed E-state index contributed by atoms with van der Waals surface area (Å²) in [5.41, 5.74) is 6.55. The molecule has 0 unspecified atom stereocenters. The highest BCUT2D eigenvalue weighted by molar-refractivity contribution is 5.67. The minimum absolute atomic E-state index is 0.240. The highest BCUT2D eigenvalue weighted by Crippen LogP contribution is 2.13. The zero-order valence-corrected chi connectivity index (χ0v) is 11.6. The molecule has 2 heterocycles. The predicted octanol–water partition coefficient (Wildman–Crippen LogP) is 1.40. The zero-order valence-electron chi connectivity index (χ0n) is 11.6. The number of carbonyl (C=O) groups excluding carboxylic acids is 1. The van der Waals surface area contributed by atoms with E-state index in [4.69, 9.17) is 10.5 Å². The van der Waals surface area contributed by atoms with Crippen LogP contribution >= 0.6 is 0 Å². The molecule has 7 heteroatoms. The molecule has 0 spiro atoms. The number of fused-ring (bicyclic) bond motifs is 1. The Morgan fingerprint density at radius 2 is 2.10 bits per heavy atom. The van der Waals surface area contributed by atoms with E-state index in [2.05, 4.69) is 10.1 Å². The summed E-state index contributed by atoms with van der Waals surface area (Å²) in [7, 11) is 0. The first kappa shape index (κ1) is 13.4. The second-order valence-electron chi connectivity index (χ2n) is 4.92. The van der Waals surface area contributed by atoms with Crippen LogP contribution in [-0.4, -0.2) is 32.3 Å². The maximum Gasteiger partial charge on any atom is 0.410 e. The smallest absolute Gasteiger partial charge is 0.410 e. The van der Waals surface area contributed by atoms with Crippen molar-refractivity contribution in [1.29, 1.82) is 0 Å². The number of hydrogen-bond acceptors (Lipinski definition) is 5. The molecule has 0 bridgehead atoms. The van der Waals surface area contributed by atoms with Crippen molar-refractivity contribution in [3.05, 3.63) is 41.7 Å². The largest absolute Gasteiger partial charge is 0.445 e. The number of amides is 1. The predicted molar refractivity (Wildman–Crippen MR) is 76.1 cm³/mol. The van der Waals surface area contributed by atoms with E-state index in [9.17, 15) is 4.79 Å². The summed E-state index contributed by atoms with van der Waals surface area (Å²) in [5.74, 6) is 0.936. The van der Waals surface area contributed by atoms with Gasteiger partial charge in [0.15, 0.2) is 0 Å². The minimum Gasteiger partial charge on any atom is -0.445 e. The molecule has 110 valence electrons. The summed E-state index contributed by atoms with van der Waals surface area (Å²) in [6.45, 7) is 1.98. The highest BCUT2D eigenvalue weighted by Gasteiger charge is 2.22. The van der Waals surface area contributed by atoms with Gasteiger partial charge >= 0.3 is 6.09 Å². The van der Waals surface area contributed by atoms with E-state index >= 15 is 0 Å². The fraction of sp³-hybridized carbons (Fsp3) is 0.357. The quantitative estimate of drug-likeness (QED) is 0.902. The Labute approximate surface area is 122 Å². The van der Waals surface area contributed by atoms with Gasteiger partial charge in [0, 0.05) is 13.1 Å². The number of anilines is 1. The molecular formula is C14H17N5O2. The maximum absolute atomic E-state index is 12.2.